The lowest BCUT2D eigenvalue weighted by Crippen LogP contribution is -2.33. The van der Waals surface area contributed by atoms with Crippen LogP contribution in [0.4, 0.5) is 17.6 Å². The van der Waals surface area contributed by atoms with Gasteiger partial charge in [-0.3, -0.25) is 4.90 Å². The summed E-state index contributed by atoms with van der Waals surface area (Å²) in [4.78, 5) is 4.82. The van der Waals surface area contributed by atoms with Gasteiger partial charge in [0.05, 0.1) is 6.61 Å². The Balaban J connectivity index is 1.12. The van der Waals surface area contributed by atoms with Crippen LogP contribution in [0.1, 0.15) is 31.2 Å². The third kappa shape index (κ3) is 6.11. The first-order valence-corrected chi connectivity index (χ1v) is 11.4. The van der Waals surface area contributed by atoms with Crippen LogP contribution in [0.25, 0.3) is 0 Å². The van der Waals surface area contributed by atoms with E-state index in [9.17, 15) is 17.6 Å². The van der Waals surface area contributed by atoms with Crippen LogP contribution < -0.4 is 4.74 Å². The van der Waals surface area contributed by atoms with Crippen LogP contribution in [0.3, 0.4) is 0 Å². The van der Waals surface area contributed by atoms with E-state index in [0.29, 0.717) is 24.3 Å². The average molecular weight is 445 g/mol. The summed E-state index contributed by atoms with van der Waals surface area (Å²) in [5, 5.41) is 0. The van der Waals surface area contributed by atoms with Crippen molar-refractivity contribution in [2.45, 2.75) is 44.8 Å². The second-order valence-corrected chi connectivity index (χ2v) is 9.13. The Morgan fingerprint density at radius 2 is 1.77 bits per heavy atom. The molecule has 1 aromatic carbocycles. The van der Waals surface area contributed by atoms with Gasteiger partial charge in [0.15, 0.2) is 0 Å². The molecule has 2 saturated heterocycles. The van der Waals surface area contributed by atoms with E-state index in [0.717, 1.165) is 44.8 Å². The summed E-state index contributed by atoms with van der Waals surface area (Å²) in [6.45, 7) is 7.78. The number of nitrogens with zero attached hydrogens (tertiary/aromatic N) is 2. The maximum absolute atomic E-state index is 13.1. The molecule has 0 unspecified atom stereocenters. The minimum Gasteiger partial charge on any atom is -0.428 e. The molecule has 174 valence electrons. The standard InChI is InChI=1S/C23H32F4N2O2/c24-22(25)23(26,27)31-18-7-4-6-17(12-18)13-29-14-19-20(15-29)21(19)16-30-11-5-10-28-8-2-1-3-9-28/h4,6-7,12,19-22H,1-3,5,8-11,13-16H2/t19-,20+,21+. The number of alkyl halides is 4. The molecule has 0 amide bonds. The van der Waals surface area contributed by atoms with Crippen molar-refractivity contribution in [1.29, 1.82) is 0 Å². The molecule has 3 atom stereocenters. The van der Waals surface area contributed by atoms with Gasteiger partial charge in [0.2, 0.25) is 0 Å². The number of rotatable bonds is 11. The Labute approximate surface area is 181 Å². The first kappa shape index (κ1) is 22.8. The Bertz CT molecular complexity index is 703. The summed E-state index contributed by atoms with van der Waals surface area (Å²) < 4.78 is 61.0. The van der Waals surface area contributed by atoms with Gasteiger partial charge in [0.1, 0.15) is 5.75 Å². The van der Waals surface area contributed by atoms with Gasteiger partial charge in [-0.05, 0) is 67.8 Å². The predicted octanol–water partition coefficient (Wildman–Crippen LogP) is 4.49. The zero-order valence-electron chi connectivity index (χ0n) is 17.8. The third-order valence-electron chi connectivity index (χ3n) is 6.78. The third-order valence-corrected chi connectivity index (χ3v) is 6.78. The van der Waals surface area contributed by atoms with E-state index in [1.807, 2.05) is 0 Å². The minimum atomic E-state index is -4.48. The monoisotopic (exact) mass is 444 g/mol. The summed E-state index contributed by atoms with van der Waals surface area (Å²) >= 11 is 0. The first-order chi connectivity index (χ1) is 14.9. The molecule has 31 heavy (non-hydrogen) atoms. The highest BCUT2D eigenvalue weighted by molar-refractivity contribution is 5.29. The minimum absolute atomic E-state index is 0.233. The summed E-state index contributed by atoms with van der Waals surface area (Å²) in [6.07, 6.45) is -3.23. The molecule has 8 heteroatoms. The normalized spacial score (nSPS) is 26.9. The van der Waals surface area contributed by atoms with Crippen molar-refractivity contribution in [3.8, 4) is 5.75 Å². The van der Waals surface area contributed by atoms with Gasteiger partial charge in [-0.1, -0.05) is 18.6 Å². The lowest BCUT2D eigenvalue weighted by Gasteiger charge is -2.26. The Hall–Kier alpha value is -1.38. The Kier molecular flexibility index (Phi) is 7.39. The SMILES string of the molecule is FC(F)C(F)(F)Oc1cccc(CN2C[C@@H]3[C@@H](COCCCN4CCCCC4)[C@@H]3C2)c1. The molecule has 2 heterocycles. The largest absolute Gasteiger partial charge is 0.461 e. The van der Waals surface area contributed by atoms with Crippen molar-refractivity contribution in [2.75, 3.05) is 45.9 Å². The molecule has 1 saturated carbocycles. The number of hydrogen-bond donors (Lipinski definition) is 0. The van der Waals surface area contributed by atoms with E-state index < -0.39 is 12.5 Å². The molecule has 0 aromatic heterocycles. The van der Waals surface area contributed by atoms with Crippen LogP contribution >= 0.6 is 0 Å². The van der Waals surface area contributed by atoms with Gasteiger partial charge in [-0.15, -0.1) is 0 Å². The second kappa shape index (κ2) is 10.0. The van der Waals surface area contributed by atoms with Crippen molar-refractivity contribution in [1.82, 2.24) is 9.80 Å². The molecule has 0 spiro atoms. The molecule has 3 aliphatic rings. The van der Waals surface area contributed by atoms with Crippen LogP contribution in [0.15, 0.2) is 24.3 Å². The first-order valence-electron chi connectivity index (χ1n) is 11.4. The fourth-order valence-electron chi connectivity index (χ4n) is 5.07. The molecule has 4 rings (SSSR count). The molecular weight excluding hydrogens is 412 g/mol. The lowest BCUT2D eigenvalue weighted by molar-refractivity contribution is -0.253. The van der Waals surface area contributed by atoms with E-state index in [1.54, 1.807) is 12.1 Å². The Morgan fingerprint density at radius 3 is 2.48 bits per heavy atom. The van der Waals surface area contributed by atoms with E-state index in [1.165, 1.54) is 44.5 Å². The number of ether oxygens (including phenoxy) is 2. The van der Waals surface area contributed by atoms with Crippen LogP contribution in [-0.2, 0) is 11.3 Å². The zero-order valence-corrected chi connectivity index (χ0v) is 17.8. The van der Waals surface area contributed by atoms with Gasteiger partial charge >= 0.3 is 12.5 Å². The van der Waals surface area contributed by atoms with Gasteiger partial charge in [0, 0.05) is 32.8 Å². The van der Waals surface area contributed by atoms with E-state index in [-0.39, 0.29) is 5.75 Å². The van der Waals surface area contributed by atoms with E-state index >= 15 is 0 Å². The maximum Gasteiger partial charge on any atom is 0.461 e. The fourth-order valence-corrected chi connectivity index (χ4v) is 5.07. The topological polar surface area (TPSA) is 24.9 Å². The van der Waals surface area contributed by atoms with Gasteiger partial charge in [0.25, 0.3) is 0 Å². The fraction of sp³-hybridized carbons (Fsp3) is 0.739. The molecule has 1 aliphatic carbocycles. The molecule has 0 radical (unpaired) electrons. The summed E-state index contributed by atoms with van der Waals surface area (Å²) in [6, 6.07) is 6.06. The van der Waals surface area contributed by atoms with Crippen LogP contribution in [-0.4, -0.2) is 68.3 Å². The molecule has 0 N–H and O–H groups in total. The van der Waals surface area contributed by atoms with Crippen LogP contribution in [0, 0.1) is 17.8 Å². The van der Waals surface area contributed by atoms with E-state index in [2.05, 4.69) is 14.5 Å². The van der Waals surface area contributed by atoms with Crippen molar-refractivity contribution >= 4 is 0 Å². The predicted molar refractivity (Wildman–Crippen MR) is 109 cm³/mol. The smallest absolute Gasteiger partial charge is 0.428 e. The second-order valence-electron chi connectivity index (χ2n) is 9.13. The highest BCUT2D eigenvalue weighted by Gasteiger charge is 2.55. The highest BCUT2D eigenvalue weighted by Crippen LogP contribution is 2.52. The molecular formula is C23H32F4N2O2. The number of piperidine rings is 2. The Morgan fingerprint density at radius 1 is 1.03 bits per heavy atom. The molecule has 4 nitrogen and oxygen atoms in total. The van der Waals surface area contributed by atoms with Gasteiger partial charge in [-0.2, -0.15) is 17.6 Å². The van der Waals surface area contributed by atoms with Gasteiger partial charge in [-0.25, -0.2) is 0 Å². The number of benzene rings is 1. The summed E-state index contributed by atoms with van der Waals surface area (Å²) in [5.41, 5.74) is 0.786. The zero-order chi connectivity index (χ0) is 21.8. The summed E-state index contributed by atoms with van der Waals surface area (Å²) in [7, 11) is 0. The number of fused-ring (bicyclic) bond motifs is 1. The van der Waals surface area contributed by atoms with Crippen molar-refractivity contribution < 1.29 is 27.0 Å². The van der Waals surface area contributed by atoms with Crippen molar-refractivity contribution in [2.24, 2.45) is 17.8 Å². The summed E-state index contributed by atoms with van der Waals surface area (Å²) in [5.74, 6) is 1.68. The van der Waals surface area contributed by atoms with Gasteiger partial charge < -0.3 is 14.4 Å². The van der Waals surface area contributed by atoms with Crippen molar-refractivity contribution in [3.05, 3.63) is 29.8 Å². The molecule has 0 bridgehead atoms. The molecule has 2 aliphatic heterocycles. The molecule has 3 fully saturated rings. The average Bonchev–Trinajstić information content (AvgIpc) is 3.19. The van der Waals surface area contributed by atoms with Crippen LogP contribution in [0.5, 0.6) is 5.75 Å². The number of hydrogen-bond acceptors (Lipinski definition) is 4. The number of likely N-dealkylation sites (tertiary alicyclic amines) is 2. The maximum atomic E-state index is 13.1. The molecule has 1 aromatic rings. The number of halogens is 4. The lowest BCUT2D eigenvalue weighted by atomic mass is 10.1. The van der Waals surface area contributed by atoms with Crippen molar-refractivity contribution in [3.63, 3.8) is 0 Å². The highest BCUT2D eigenvalue weighted by atomic mass is 19.3. The van der Waals surface area contributed by atoms with Crippen LogP contribution in [0.2, 0.25) is 0 Å². The van der Waals surface area contributed by atoms with E-state index in [4.69, 9.17) is 4.74 Å². The quantitative estimate of drug-likeness (QED) is 0.371.